The van der Waals surface area contributed by atoms with Crippen molar-refractivity contribution in [1.29, 1.82) is 0 Å². The maximum absolute atomic E-state index is 11.4. The van der Waals surface area contributed by atoms with Crippen molar-refractivity contribution in [2.45, 2.75) is 11.8 Å². The predicted octanol–water partition coefficient (Wildman–Crippen LogP) is 1.92. The predicted molar refractivity (Wildman–Crippen MR) is 60.5 cm³/mol. The van der Waals surface area contributed by atoms with E-state index in [1.54, 1.807) is 6.92 Å². The summed E-state index contributed by atoms with van der Waals surface area (Å²) >= 11 is 5.73. The molecule has 1 rings (SSSR count). The van der Waals surface area contributed by atoms with Gasteiger partial charge in [-0.15, -0.1) is 0 Å². The van der Waals surface area contributed by atoms with Crippen molar-refractivity contribution >= 4 is 27.4 Å². The largest absolute Gasteiger partial charge is 0.462 e. The summed E-state index contributed by atoms with van der Waals surface area (Å²) in [4.78, 5) is 11.4. The van der Waals surface area contributed by atoms with E-state index in [4.69, 9.17) is 16.3 Å². The number of sulfone groups is 1. The van der Waals surface area contributed by atoms with Gasteiger partial charge < -0.3 is 4.74 Å². The molecule has 0 radical (unpaired) electrons. The molecule has 0 bridgehead atoms. The van der Waals surface area contributed by atoms with Gasteiger partial charge in [0.25, 0.3) is 0 Å². The van der Waals surface area contributed by atoms with Gasteiger partial charge in [-0.05, 0) is 25.1 Å². The number of carbonyl (C=O) groups excluding carboxylic acids is 1. The summed E-state index contributed by atoms with van der Waals surface area (Å²) in [5, 5.41) is 0.186. The first-order chi connectivity index (χ1) is 7.34. The second-order valence-corrected chi connectivity index (χ2v) is 5.62. The van der Waals surface area contributed by atoms with Crippen LogP contribution in [0.15, 0.2) is 23.1 Å². The van der Waals surface area contributed by atoms with Crippen LogP contribution in [0.25, 0.3) is 0 Å². The van der Waals surface area contributed by atoms with E-state index in [0.717, 1.165) is 6.26 Å². The number of hydrogen-bond acceptors (Lipinski definition) is 4. The summed E-state index contributed by atoms with van der Waals surface area (Å²) in [6, 6.07) is 3.91. The Hall–Kier alpha value is -1.07. The maximum Gasteiger partial charge on any atom is 0.338 e. The van der Waals surface area contributed by atoms with Crippen molar-refractivity contribution in [1.82, 2.24) is 0 Å². The first-order valence-electron chi connectivity index (χ1n) is 4.52. The minimum atomic E-state index is -3.39. The fourth-order valence-corrected chi connectivity index (χ4v) is 2.09. The van der Waals surface area contributed by atoms with Crippen molar-refractivity contribution in [3.8, 4) is 0 Å². The molecule has 1 aromatic carbocycles. The van der Waals surface area contributed by atoms with Crippen LogP contribution in [0.5, 0.6) is 0 Å². The Balaban J connectivity index is 3.24. The van der Waals surface area contributed by atoms with E-state index in [-0.39, 0.29) is 22.1 Å². The van der Waals surface area contributed by atoms with Crippen LogP contribution < -0.4 is 0 Å². The minimum absolute atomic E-state index is 0.00283. The number of benzene rings is 1. The van der Waals surface area contributed by atoms with E-state index in [9.17, 15) is 13.2 Å². The van der Waals surface area contributed by atoms with Crippen LogP contribution in [0.1, 0.15) is 17.3 Å². The summed E-state index contributed by atoms with van der Waals surface area (Å²) in [5.41, 5.74) is 0.134. The van der Waals surface area contributed by atoms with Crippen LogP contribution in [0, 0.1) is 0 Å². The number of halogens is 1. The quantitative estimate of drug-likeness (QED) is 0.781. The summed E-state index contributed by atoms with van der Waals surface area (Å²) < 4.78 is 27.4. The highest BCUT2D eigenvalue weighted by molar-refractivity contribution is 7.90. The van der Waals surface area contributed by atoms with Crippen LogP contribution in [-0.4, -0.2) is 27.2 Å². The van der Waals surface area contributed by atoms with E-state index in [0.29, 0.717) is 0 Å². The Bertz CT molecular complexity index is 508. The lowest BCUT2D eigenvalue weighted by atomic mass is 10.2. The second kappa shape index (κ2) is 4.84. The molecule has 0 aromatic heterocycles. The average molecular weight is 263 g/mol. The Morgan fingerprint density at radius 3 is 2.50 bits per heavy atom. The molecule has 0 atom stereocenters. The van der Waals surface area contributed by atoms with E-state index in [1.165, 1.54) is 18.2 Å². The summed E-state index contributed by atoms with van der Waals surface area (Å²) in [6.45, 7) is 1.89. The smallest absolute Gasteiger partial charge is 0.338 e. The Labute approximate surface area is 99.1 Å². The topological polar surface area (TPSA) is 60.4 Å². The molecular formula is C10H11ClO4S. The lowest BCUT2D eigenvalue weighted by Crippen LogP contribution is -2.06. The molecule has 0 heterocycles. The molecule has 0 aliphatic carbocycles. The molecule has 0 saturated carbocycles. The van der Waals surface area contributed by atoms with Crippen molar-refractivity contribution in [2.75, 3.05) is 12.9 Å². The molecule has 6 heteroatoms. The number of esters is 1. The third-order valence-electron chi connectivity index (χ3n) is 1.81. The highest BCUT2D eigenvalue weighted by Gasteiger charge is 2.14. The molecule has 0 unspecified atom stereocenters. The van der Waals surface area contributed by atoms with Crippen molar-refractivity contribution < 1.29 is 17.9 Å². The summed E-state index contributed by atoms with van der Waals surface area (Å²) in [5.74, 6) is -0.588. The third kappa shape index (κ3) is 3.21. The molecule has 0 fully saturated rings. The highest BCUT2D eigenvalue weighted by Crippen LogP contribution is 2.19. The number of carbonyl (C=O) groups is 1. The normalized spacial score (nSPS) is 11.2. The van der Waals surface area contributed by atoms with Gasteiger partial charge in [0.15, 0.2) is 9.84 Å². The monoisotopic (exact) mass is 262 g/mol. The summed E-state index contributed by atoms with van der Waals surface area (Å²) in [7, 11) is -3.39. The zero-order valence-corrected chi connectivity index (χ0v) is 10.4. The molecule has 0 amide bonds. The zero-order valence-electron chi connectivity index (χ0n) is 8.86. The molecule has 0 saturated heterocycles. The van der Waals surface area contributed by atoms with Gasteiger partial charge in [0.05, 0.1) is 17.1 Å². The van der Waals surface area contributed by atoms with Gasteiger partial charge >= 0.3 is 5.97 Å². The number of rotatable bonds is 3. The SMILES string of the molecule is CCOC(=O)c1cc(Cl)cc(S(C)(=O)=O)c1. The fourth-order valence-electron chi connectivity index (χ4n) is 1.11. The van der Waals surface area contributed by atoms with E-state index < -0.39 is 15.8 Å². The van der Waals surface area contributed by atoms with Gasteiger partial charge in [0.2, 0.25) is 0 Å². The van der Waals surface area contributed by atoms with Gasteiger partial charge in [0.1, 0.15) is 0 Å². The van der Waals surface area contributed by atoms with E-state index in [1.807, 2.05) is 0 Å². The first kappa shape index (κ1) is 13.0. The molecule has 1 aromatic rings. The van der Waals surface area contributed by atoms with Crippen LogP contribution >= 0.6 is 11.6 Å². The molecule has 0 spiro atoms. The number of ether oxygens (including phenoxy) is 1. The first-order valence-corrected chi connectivity index (χ1v) is 6.79. The van der Waals surface area contributed by atoms with Gasteiger partial charge in [-0.1, -0.05) is 11.6 Å². The molecule has 88 valence electrons. The molecule has 0 aliphatic rings. The Kier molecular flexibility index (Phi) is 3.93. The van der Waals surface area contributed by atoms with Gasteiger partial charge in [-0.2, -0.15) is 0 Å². The summed E-state index contributed by atoms with van der Waals surface area (Å²) in [6.07, 6.45) is 1.05. The lowest BCUT2D eigenvalue weighted by Gasteiger charge is -2.05. The molecule has 0 aliphatic heterocycles. The third-order valence-corrected chi connectivity index (χ3v) is 3.12. The van der Waals surface area contributed by atoms with Crippen LogP contribution in [0.4, 0.5) is 0 Å². The highest BCUT2D eigenvalue weighted by atomic mass is 35.5. The van der Waals surface area contributed by atoms with Gasteiger partial charge in [-0.3, -0.25) is 0 Å². The molecule has 0 N–H and O–H groups in total. The van der Waals surface area contributed by atoms with Crippen LogP contribution in [-0.2, 0) is 14.6 Å². The molecular weight excluding hydrogens is 252 g/mol. The van der Waals surface area contributed by atoms with Crippen LogP contribution in [0.3, 0.4) is 0 Å². The van der Waals surface area contributed by atoms with Crippen LogP contribution in [0.2, 0.25) is 5.02 Å². The fraction of sp³-hybridized carbons (Fsp3) is 0.300. The number of hydrogen-bond donors (Lipinski definition) is 0. The maximum atomic E-state index is 11.4. The van der Waals surface area contributed by atoms with Crippen molar-refractivity contribution in [3.63, 3.8) is 0 Å². The van der Waals surface area contributed by atoms with Crippen molar-refractivity contribution in [2.24, 2.45) is 0 Å². The average Bonchev–Trinajstić information content (AvgIpc) is 2.16. The standard InChI is InChI=1S/C10H11ClO4S/c1-3-15-10(12)7-4-8(11)6-9(5-7)16(2,13)14/h4-6H,3H2,1-2H3. The Morgan fingerprint density at radius 2 is 2.00 bits per heavy atom. The zero-order chi connectivity index (χ0) is 12.3. The molecule has 16 heavy (non-hydrogen) atoms. The second-order valence-electron chi connectivity index (χ2n) is 3.17. The van der Waals surface area contributed by atoms with E-state index >= 15 is 0 Å². The van der Waals surface area contributed by atoms with Gasteiger partial charge in [0, 0.05) is 11.3 Å². The molecule has 4 nitrogen and oxygen atoms in total. The van der Waals surface area contributed by atoms with Gasteiger partial charge in [-0.25, -0.2) is 13.2 Å². The Morgan fingerprint density at radius 1 is 1.38 bits per heavy atom. The van der Waals surface area contributed by atoms with Crippen molar-refractivity contribution in [3.05, 3.63) is 28.8 Å². The van der Waals surface area contributed by atoms with E-state index in [2.05, 4.69) is 0 Å². The lowest BCUT2D eigenvalue weighted by molar-refractivity contribution is 0.0526. The minimum Gasteiger partial charge on any atom is -0.462 e.